The molecule has 3 heterocycles. The minimum atomic E-state index is 0.0305. The summed E-state index contributed by atoms with van der Waals surface area (Å²) < 4.78 is 7.40. The monoisotopic (exact) mass is 480 g/mol. The lowest BCUT2D eigenvalue weighted by molar-refractivity contribution is 0.0746. The lowest BCUT2D eigenvalue weighted by Gasteiger charge is -2.35. The van der Waals surface area contributed by atoms with Crippen molar-refractivity contribution in [2.45, 2.75) is 45.4 Å². The van der Waals surface area contributed by atoms with Crippen LogP contribution in [0.15, 0.2) is 29.1 Å². The van der Waals surface area contributed by atoms with Crippen molar-refractivity contribution in [1.82, 2.24) is 14.5 Å². The molecule has 1 aromatic carbocycles. The average Bonchev–Trinajstić information content (AvgIpc) is 3.25. The topological polar surface area (TPSA) is 67.7 Å². The first-order valence-electron chi connectivity index (χ1n) is 12.3. The van der Waals surface area contributed by atoms with E-state index in [-0.39, 0.29) is 11.5 Å². The van der Waals surface area contributed by atoms with Crippen LogP contribution in [0.5, 0.6) is 5.75 Å². The fourth-order valence-corrected chi connectivity index (χ4v) is 6.13. The third-order valence-electron chi connectivity index (χ3n) is 6.89. The summed E-state index contributed by atoms with van der Waals surface area (Å²) in [6, 6.07) is 7.42. The van der Waals surface area contributed by atoms with Crippen LogP contribution in [-0.2, 0) is 19.9 Å². The Hall–Kier alpha value is -2.87. The van der Waals surface area contributed by atoms with Gasteiger partial charge in [-0.2, -0.15) is 0 Å². The average molecular weight is 481 g/mol. The Morgan fingerprint density at radius 1 is 1.09 bits per heavy atom. The Morgan fingerprint density at radius 2 is 1.82 bits per heavy atom. The molecule has 1 amide bonds. The van der Waals surface area contributed by atoms with Gasteiger partial charge in [-0.1, -0.05) is 13.3 Å². The minimum absolute atomic E-state index is 0.0305. The van der Waals surface area contributed by atoms with E-state index in [9.17, 15) is 9.59 Å². The number of thiophene rings is 1. The number of anilines is 1. The molecule has 180 valence electrons. The zero-order valence-corrected chi connectivity index (χ0v) is 20.8. The van der Waals surface area contributed by atoms with Gasteiger partial charge in [0.2, 0.25) is 5.95 Å². The number of carbonyl (C=O) groups is 1. The number of carbonyl (C=O) groups excluding carboxylic acids is 1. The number of aryl methyl sites for hydroxylation is 2. The van der Waals surface area contributed by atoms with Crippen molar-refractivity contribution < 1.29 is 9.53 Å². The number of ether oxygens (including phenoxy) is 1. The summed E-state index contributed by atoms with van der Waals surface area (Å²) in [5.74, 6) is 1.53. The lowest BCUT2D eigenvalue weighted by Crippen LogP contribution is -2.50. The van der Waals surface area contributed by atoms with Gasteiger partial charge in [0.15, 0.2) is 0 Å². The maximum Gasteiger partial charge on any atom is 0.263 e. The highest BCUT2D eigenvalue weighted by Gasteiger charge is 2.27. The first-order chi connectivity index (χ1) is 16.6. The maximum absolute atomic E-state index is 13.2. The molecular formula is C26H32N4O3S. The molecule has 1 aliphatic carbocycles. The Morgan fingerprint density at radius 3 is 2.56 bits per heavy atom. The predicted molar refractivity (Wildman–Crippen MR) is 136 cm³/mol. The Kier molecular flexibility index (Phi) is 6.59. The van der Waals surface area contributed by atoms with Gasteiger partial charge in [0.25, 0.3) is 11.5 Å². The number of benzene rings is 1. The number of unbranched alkanes of at least 4 members (excludes halogenated alkanes) is 1. The fraction of sp³-hybridized carbons (Fsp3) is 0.500. The van der Waals surface area contributed by atoms with Crippen molar-refractivity contribution in [1.29, 1.82) is 0 Å². The van der Waals surface area contributed by atoms with Gasteiger partial charge in [-0.05, 0) is 61.9 Å². The zero-order valence-electron chi connectivity index (χ0n) is 20.0. The quantitative estimate of drug-likeness (QED) is 0.499. The molecule has 1 saturated heterocycles. The highest BCUT2D eigenvalue weighted by atomic mass is 32.1. The second kappa shape index (κ2) is 9.78. The van der Waals surface area contributed by atoms with E-state index in [1.165, 1.54) is 16.9 Å². The summed E-state index contributed by atoms with van der Waals surface area (Å²) >= 11 is 1.68. The molecule has 8 heteroatoms. The van der Waals surface area contributed by atoms with Crippen LogP contribution in [0.4, 0.5) is 5.95 Å². The Labute approximate surface area is 204 Å². The van der Waals surface area contributed by atoms with E-state index < -0.39 is 0 Å². The molecule has 7 nitrogen and oxygen atoms in total. The first-order valence-corrected chi connectivity index (χ1v) is 13.2. The molecule has 3 aromatic rings. The predicted octanol–water partition coefficient (Wildman–Crippen LogP) is 4.02. The molecule has 2 aliphatic rings. The molecular weight excluding hydrogens is 448 g/mol. The van der Waals surface area contributed by atoms with Gasteiger partial charge in [0, 0.05) is 43.7 Å². The smallest absolute Gasteiger partial charge is 0.263 e. The summed E-state index contributed by atoms with van der Waals surface area (Å²) in [5, 5.41) is 0.821. The SMILES string of the molecule is CCCCOc1ccc(C(=O)N2CCN(c3nc4sc5c(c4c(=O)n3C)CCCC5)CC2)cc1. The number of amides is 1. The largest absolute Gasteiger partial charge is 0.494 e. The van der Waals surface area contributed by atoms with Crippen LogP contribution in [0.3, 0.4) is 0 Å². The highest BCUT2D eigenvalue weighted by Crippen LogP contribution is 2.34. The van der Waals surface area contributed by atoms with E-state index >= 15 is 0 Å². The highest BCUT2D eigenvalue weighted by molar-refractivity contribution is 7.18. The first kappa shape index (κ1) is 22.9. The molecule has 1 fully saturated rings. The third-order valence-corrected chi connectivity index (χ3v) is 8.08. The van der Waals surface area contributed by atoms with Crippen molar-refractivity contribution in [3.05, 3.63) is 50.6 Å². The molecule has 34 heavy (non-hydrogen) atoms. The molecule has 1 aliphatic heterocycles. The van der Waals surface area contributed by atoms with Crippen molar-refractivity contribution in [3.8, 4) is 5.75 Å². The van der Waals surface area contributed by atoms with E-state index in [4.69, 9.17) is 9.72 Å². The molecule has 2 aromatic heterocycles. The molecule has 0 atom stereocenters. The van der Waals surface area contributed by atoms with Crippen LogP contribution in [0, 0.1) is 0 Å². The van der Waals surface area contributed by atoms with Gasteiger partial charge < -0.3 is 14.5 Å². The normalized spacial score (nSPS) is 16.1. The summed E-state index contributed by atoms with van der Waals surface area (Å²) in [4.78, 5) is 37.4. The second-order valence-corrected chi connectivity index (χ2v) is 10.3. The van der Waals surface area contributed by atoms with E-state index in [2.05, 4.69) is 11.8 Å². The van der Waals surface area contributed by atoms with Crippen LogP contribution < -0.4 is 15.2 Å². The van der Waals surface area contributed by atoms with E-state index in [1.807, 2.05) is 36.2 Å². The standard InChI is InChI=1S/C26H32N4O3S/c1-3-4-17-33-19-11-9-18(10-12-19)24(31)29-13-15-30(16-14-29)26-27-23-22(25(32)28(26)2)20-7-5-6-8-21(20)34-23/h9-12H,3-8,13-17H2,1-2H3. The number of hydrogen-bond donors (Lipinski definition) is 0. The summed E-state index contributed by atoms with van der Waals surface area (Å²) in [6.45, 7) is 5.34. The lowest BCUT2D eigenvalue weighted by atomic mass is 9.97. The number of piperazine rings is 1. The minimum Gasteiger partial charge on any atom is -0.494 e. The number of fused-ring (bicyclic) bond motifs is 3. The van der Waals surface area contributed by atoms with Crippen LogP contribution in [0.25, 0.3) is 10.2 Å². The number of rotatable bonds is 6. The van der Waals surface area contributed by atoms with Gasteiger partial charge in [-0.25, -0.2) is 4.98 Å². The van der Waals surface area contributed by atoms with Crippen LogP contribution in [-0.4, -0.2) is 53.1 Å². The number of nitrogens with zero attached hydrogens (tertiary/aromatic N) is 4. The molecule has 0 spiro atoms. The van der Waals surface area contributed by atoms with Crippen molar-refractivity contribution in [2.75, 3.05) is 37.7 Å². The Balaban J connectivity index is 1.27. The maximum atomic E-state index is 13.2. The van der Waals surface area contributed by atoms with E-state index in [0.29, 0.717) is 44.3 Å². The number of hydrogen-bond acceptors (Lipinski definition) is 6. The van der Waals surface area contributed by atoms with Gasteiger partial charge in [-0.15, -0.1) is 11.3 Å². The third kappa shape index (κ3) is 4.31. The van der Waals surface area contributed by atoms with Crippen LogP contribution >= 0.6 is 11.3 Å². The van der Waals surface area contributed by atoms with E-state index in [0.717, 1.165) is 48.1 Å². The Bertz CT molecular complexity index is 1240. The van der Waals surface area contributed by atoms with Crippen LogP contribution in [0.1, 0.15) is 53.4 Å². The summed E-state index contributed by atoms with van der Waals surface area (Å²) in [7, 11) is 1.82. The number of aromatic nitrogens is 2. The molecule has 0 bridgehead atoms. The van der Waals surface area contributed by atoms with Crippen LogP contribution in [0.2, 0.25) is 0 Å². The molecule has 0 radical (unpaired) electrons. The zero-order chi connectivity index (χ0) is 23.7. The van der Waals surface area contributed by atoms with Gasteiger partial charge in [0.05, 0.1) is 12.0 Å². The molecule has 5 rings (SSSR count). The van der Waals surface area contributed by atoms with Crippen molar-refractivity contribution >= 4 is 33.4 Å². The van der Waals surface area contributed by atoms with E-state index in [1.54, 1.807) is 15.9 Å². The fourth-order valence-electron chi connectivity index (χ4n) is 4.88. The summed E-state index contributed by atoms with van der Waals surface area (Å²) in [6.07, 6.45) is 6.49. The molecule has 0 saturated carbocycles. The van der Waals surface area contributed by atoms with Gasteiger partial charge in [-0.3, -0.25) is 14.2 Å². The second-order valence-electron chi connectivity index (χ2n) is 9.17. The van der Waals surface area contributed by atoms with Crippen molar-refractivity contribution in [2.24, 2.45) is 7.05 Å². The molecule has 0 unspecified atom stereocenters. The molecule has 0 N–H and O–H groups in total. The van der Waals surface area contributed by atoms with Crippen molar-refractivity contribution in [3.63, 3.8) is 0 Å². The summed E-state index contributed by atoms with van der Waals surface area (Å²) in [5.41, 5.74) is 1.95. The van der Waals surface area contributed by atoms with Gasteiger partial charge in [0.1, 0.15) is 10.6 Å². The van der Waals surface area contributed by atoms with Gasteiger partial charge >= 0.3 is 0 Å².